The maximum absolute atomic E-state index is 12.4. The molecule has 0 radical (unpaired) electrons. The minimum absolute atomic E-state index is 0.0826. The van der Waals surface area contributed by atoms with Gasteiger partial charge in [0.25, 0.3) is 0 Å². The molecule has 0 saturated heterocycles. The Bertz CT molecular complexity index is 877. The Hall–Kier alpha value is -2.47. The zero-order valence-electron chi connectivity index (χ0n) is 10.3. The van der Waals surface area contributed by atoms with Gasteiger partial charge in [-0.05, 0) is 29.0 Å². The molecule has 0 atom stereocenters. The summed E-state index contributed by atoms with van der Waals surface area (Å²) in [4.78, 5) is -0.228. The van der Waals surface area contributed by atoms with E-state index in [4.69, 9.17) is 0 Å². The van der Waals surface area contributed by atoms with Crippen LogP contribution in [0.2, 0.25) is 0 Å². The third kappa shape index (κ3) is 1.90. The second-order valence-electron chi connectivity index (χ2n) is 4.18. The summed E-state index contributed by atoms with van der Waals surface area (Å²) in [5, 5.41) is 16.3. The summed E-state index contributed by atoms with van der Waals surface area (Å²) in [7, 11) is -3.85. The first-order valence-corrected chi connectivity index (χ1v) is 7.36. The lowest BCUT2D eigenvalue weighted by Crippen LogP contribution is -2.28. The Morgan fingerprint density at radius 3 is 2.45 bits per heavy atom. The van der Waals surface area contributed by atoms with E-state index < -0.39 is 15.6 Å². The van der Waals surface area contributed by atoms with Crippen LogP contribution in [0.5, 0.6) is 5.75 Å². The maximum atomic E-state index is 12.4. The molecule has 0 unspecified atom stereocenters. The van der Waals surface area contributed by atoms with Crippen LogP contribution in [0.1, 0.15) is 0 Å². The predicted molar refractivity (Wildman–Crippen MR) is 68.7 cm³/mol. The molecule has 0 bridgehead atoms. The van der Waals surface area contributed by atoms with Gasteiger partial charge in [0.2, 0.25) is 21.6 Å². The van der Waals surface area contributed by atoms with Gasteiger partial charge < -0.3 is 5.11 Å². The monoisotopic (exact) mass is 286 g/mol. The summed E-state index contributed by atoms with van der Waals surface area (Å²) in [6.45, 7) is 0. The molecule has 100 valence electrons. The number of aromatic nitrogens is 2. The highest BCUT2D eigenvalue weighted by atomic mass is 32.2. The zero-order valence-corrected chi connectivity index (χ0v) is 11.1. The van der Waals surface area contributed by atoms with Gasteiger partial charge in [-0.15, -0.1) is 0 Å². The van der Waals surface area contributed by atoms with Crippen molar-refractivity contribution >= 4 is 15.4 Å². The molecule has 6 heteroatoms. The van der Waals surface area contributed by atoms with Gasteiger partial charge >= 0.3 is 0 Å². The minimum atomic E-state index is -3.85. The highest BCUT2D eigenvalue weighted by molar-refractivity contribution is 7.91. The van der Waals surface area contributed by atoms with Crippen molar-refractivity contribution < 1.29 is 18.0 Å². The van der Waals surface area contributed by atoms with E-state index in [1.54, 1.807) is 42.6 Å². The first-order chi connectivity index (χ1) is 9.60. The van der Waals surface area contributed by atoms with Gasteiger partial charge in [0.05, 0.1) is 9.79 Å². The molecule has 0 spiro atoms. The average molecular weight is 286 g/mol. The average Bonchev–Trinajstić information content (AvgIpc) is 2.48. The third-order valence-corrected chi connectivity index (χ3v) is 4.70. The fourth-order valence-corrected chi connectivity index (χ4v) is 3.24. The molecule has 0 N–H and O–H groups in total. The Labute approximate surface area is 115 Å². The first-order valence-electron chi connectivity index (χ1n) is 5.87. The molecule has 0 saturated carbocycles. The lowest BCUT2D eigenvalue weighted by molar-refractivity contribution is -0.584. The van der Waals surface area contributed by atoms with Crippen molar-refractivity contribution in [3.63, 3.8) is 0 Å². The molecule has 3 aromatic rings. The number of pyridine rings is 1. The van der Waals surface area contributed by atoms with Gasteiger partial charge in [0, 0.05) is 12.1 Å². The largest absolute Gasteiger partial charge is 0.867 e. The zero-order chi connectivity index (χ0) is 14.2. The molecule has 0 aliphatic heterocycles. The Morgan fingerprint density at radius 1 is 1.00 bits per heavy atom. The van der Waals surface area contributed by atoms with Crippen molar-refractivity contribution in [2.45, 2.75) is 9.79 Å². The van der Waals surface area contributed by atoms with Gasteiger partial charge in [0.15, 0.2) is 0 Å². The molecule has 0 aliphatic rings. The molecule has 1 aromatic carbocycles. The van der Waals surface area contributed by atoms with E-state index in [2.05, 4.69) is 5.10 Å². The van der Waals surface area contributed by atoms with Crippen LogP contribution < -0.4 is 9.62 Å². The molecule has 20 heavy (non-hydrogen) atoms. The smallest absolute Gasteiger partial charge is 0.231 e. The maximum Gasteiger partial charge on any atom is 0.231 e. The van der Waals surface area contributed by atoms with Crippen molar-refractivity contribution in [3.8, 4) is 5.75 Å². The highest BCUT2D eigenvalue weighted by Crippen LogP contribution is 2.27. The van der Waals surface area contributed by atoms with Crippen molar-refractivity contribution in [2.24, 2.45) is 0 Å². The van der Waals surface area contributed by atoms with Crippen LogP contribution in [-0.4, -0.2) is 13.5 Å². The lowest BCUT2D eigenvalue weighted by Gasteiger charge is -2.11. The van der Waals surface area contributed by atoms with Crippen molar-refractivity contribution in [1.29, 1.82) is 0 Å². The summed E-state index contributed by atoms with van der Waals surface area (Å²) in [5.74, 6) is -0.551. The molecule has 0 amide bonds. The normalized spacial score (nSPS) is 11.6. The van der Waals surface area contributed by atoms with E-state index in [9.17, 15) is 13.5 Å². The summed E-state index contributed by atoms with van der Waals surface area (Å²) >= 11 is 0. The van der Waals surface area contributed by atoms with Crippen molar-refractivity contribution in [1.82, 2.24) is 5.10 Å². The van der Waals surface area contributed by atoms with E-state index in [1.165, 1.54) is 16.6 Å². The first kappa shape index (κ1) is 12.6. The van der Waals surface area contributed by atoms with Crippen molar-refractivity contribution in [2.75, 3.05) is 0 Å². The predicted octanol–water partition coefficient (Wildman–Crippen LogP) is 0.727. The summed E-state index contributed by atoms with van der Waals surface area (Å²) < 4.78 is 26.3. The molecule has 3 rings (SSSR count). The second kappa shape index (κ2) is 4.57. The fraction of sp³-hybridized carbons (Fsp3) is 0. The molecular formula is C14H10N2O3S. The molecule has 0 aliphatic carbocycles. The van der Waals surface area contributed by atoms with Crippen LogP contribution >= 0.6 is 0 Å². The van der Waals surface area contributed by atoms with E-state index >= 15 is 0 Å². The molecular weight excluding hydrogens is 276 g/mol. The number of fused-ring (bicyclic) bond motifs is 1. The van der Waals surface area contributed by atoms with Crippen LogP contribution in [0, 0.1) is 0 Å². The standard InChI is InChI=1S/C14H10N2O3S/c17-14-12-8-4-5-9-16(12)15-10-13(14)20(18,19)11-6-2-1-3-7-11/h1-10H. The topological polar surface area (TPSA) is 74.2 Å². The summed E-state index contributed by atoms with van der Waals surface area (Å²) in [6, 6.07) is 12.8. The van der Waals surface area contributed by atoms with E-state index in [-0.39, 0.29) is 15.3 Å². The van der Waals surface area contributed by atoms with Gasteiger partial charge in [0.1, 0.15) is 6.20 Å². The van der Waals surface area contributed by atoms with E-state index in [1.807, 2.05) is 0 Å². The Morgan fingerprint density at radius 2 is 1.70 bits per heavy atom. The lowest BCUT2D eigenvalue weighted by atomic mass is 10.3. The van der Waals surface area contributed by atoms with Crippen LogP contribution in [0.15, 0.2) is 70.7 Å². The quantitative estimate of drug-likeness (QED) is 0.651. The minimum Gasteiger partial charge on any atom is -0.867 e. The van der Waals surface area contributed by atoms with Gasteiger partial charge in [-0.25, -0.2) is 8.42 Å². The van der Waals surface area contributed by atoms with Crippen LogP contribution in [-0.2, 0) is 9.84 Å². The number of sulfone groups is 1. The number of benzene rings is 1. The Balaban J connectivity index is 2.28. The van der Waals surface area contributed by atoms with Crippen molar-refractivity contribution in [3.05, 3.63) is 60.9 Å². The SMILES string of the molecule is O=S(=O)(c1ccccc1)c1cn[n+]2ccccc2c1[O-]. The van der Waals surface area contributed by atoms with E-state index in [0.29, 0.717) is 0 Å². The van der Waals surface area contributed by atoms with Gasteiger partial charge in [-0.1, -0.05) is 22.7 Å². The number of nitrogens with zero attached hydrogens (tertiary/aromatic N) is 2. The number of hydrogen-bond donors (Lipinski definition) is 0. The van der Waals surface area contributed by atoms with Gasteiger partial charge in [-0.2, -0.15) is 0 Å². The van der Waals surface area contributed by atoms with Gasteiger partial charge in [-0.3, -0.25) is 0 Å². The number of rotatable bonds is 2. The second-order valence-corrected chi connectivity index (χ2v) is 6.10. The molecule has 0 fully saturated rings. The summed E-state index contributed by atoms with van der Waals surface area (Å²) in [6.07, 6.45) is 2.69. The molecule has 2 aromatic heterocycles. The summed E-state index contributed by atoms with van der Waals surface area (Å²) in [5.41, 5.74) is 0.226. The van der Waals surface area contributed by atoms with Crippen LogP contribution in [0.25, 0.3) is 5.52 Å². The highest BCUT2D eigenvalue weighted by Gasteiger charge is 2.22. The molecule has 5 nitrogen and oxygen atoms in total. The fourth-order valence-electron chi connectivity index (χ4n) is 1.93. The van der Waals surface area contributed by atoms with Crippen LogP contribution in [0.3, 0.4) is 0 Å². The Kier molecular flexibility index (Phi) is 2.87. The number of hydrogen-bond acceptors (Lipinski definition) is 4. The third-order valence-electron chi connectivity index (χ3n) is 2.94. The molecule has 2 heterocycles. The van der Waals surface area contributed by atoms with E-state index in [0.717, 1.165) is 6.20 Å². The van der Waals surface area contributed by atoms with Crippen LogP contribution in [0.4, 0.5) is 0 Å².